The summed E-state index contributed by atoms with van der Waals surface area (Å²) < 4.78 is 0. The number of imide groups is 2. The number of nitrogens with one attached hydrogen (secondary N) is 1. The van der Waals surface area contributed by atoms with Crippen LogP contribution in [0.3, 0.4) is 0 Å². The van der Waals surface area contributed by atoms with Crippen molar-refractivity contribution in [3.63, 3.8) is 0 Å². The zero-order valence-electron chi connectivity index (χ0n) is 56.1. The average molecular weight is 1240 g/mol. The number of aryl methyl sites for hydroxylation is 16. The summed E-state index contributed by atoms with van der Waals surface area (Å²) in [6.45, 7) is 28.5. The number of Topliss-reactive ketones (excluding diaryl/α,β-unsaturated/α-hetero) is 1. The SMILES string of the molecule is Cc1cc(C)c(CC(=O)c2ccc(C(=O)Nc3cc(C)c(C)cc3C)cc2)cc1C.Cc1cc(C)c(N2C(=O)c3ccc4c5ccc6c7c(ccc(c8ccc(c3c48)C2=O)c75)C(=O)N(c2cc(C)c(C)cc2C)C6=O)cc1C.Cc1ccccc1CCc1ccccc1C. The molecule has 0 aromatic heterocycles. The first kappa shape index (κ1) is 63.5. The van der Waals surface area contributed by atoms with E-state index in [-0.39, 0.29) is 35.3 Å². The van der Waals surface area contributed by atoms with Gasteiger partial charge in [-0.05, 0) is 291 Å². The van der Waals surface area contributed by atoms with Gasteiger partial charge in [0, 0.05) is 56.3 Å². The lowest BCUT2D eigenvalue weighted by Gasteiger charge is -2.31. The fraction of sp³-hybridized carbons (Fsp3) is 0.200. The molecule has 0 radical (unpaired) electrons. The molecular formula is C85H77N3O6. The van der Waals surface area contributed by atoms with Crippen LogP contribution >= 0.6 is 0 Å². The Labute approximate surface area is 550 Å². The summed E-state index contributed by atoms with van der Waals surface area (Å²) in [6.07, 6.45) is 2.63. The largest absolute Gasteiger partial charge is 0.322 e. The number of anilines is 3. The maximum atomic E-state index is 14.2. The van der Waals surface area contributed by atoms with Crippen LogP contribution in [0.25, 0.3) is 43.1 Å². The summed E-state index contributed by atoms with van der Waals surface area (Å²) in [7, 11) is 0. The summed E-state index contributed by atoms with van der Waals surface area (Å²) >= 11 is 0. The zero-order valence-corrected chi connectivity index (χ0v) is 56.1. The second kappa shape index (κ2) is 25.1. The normalized spacial score (nSPS) is 12.6. The minimum atomic E-state index is -0.350. The Bertz CT molecular complexity index is 4760. The van der Waals surface area contributed by atoms with Gasteiger partial charge in [-0.1, -0.05) is 115 Å². The monoisotopic (exact) mass is 1240 g/mol. The van der Waals surface area contributed by atoms with Crippen molar-refractivity contribution < 1.29 is 28.8 Å². The van der Waals surface area contributed by atoms with E-state index in [1.807, 2.05) is 141 Å². The fourth-order valence-electron chi connectivity index (χ4n) is 13.7. The van der Waals surface area contributed by atoms with Crippen LogP contribution in [-0.2, 0) is 19.3 Å². The number of carbonyl (C=O) groups is 6. The van der Waals surface area contributed by atoms with Crippen molar-refractivity contribution in [1.82, 2.24) is 0 Å². The standard InChI is InChI=1S/C42H30N2O4.C27H29NO2.C16H18/c1-19-15-23(5)33(17-21(19)3)43-39(45)29-11-7-25-27-9-13-31-38-32(42(48)44(41(31)47)34-18-22(4)20(2)16-24(34)6)14-10-28(36(27)38)26-8-12-30(40(43)46)37(29)35(25)26;1-16-11-20(5)24(13-18(16)3)15-26(29)22-7-9-23(10-8-22)27(30)28-25-14-19(4)17(2)12-21(25)6;1-13-7-3-5-9-15(13)11-12-16-10-6-4-8-14(16)2/h7-18H,1-6H3;7-14H,15H2,1-6H3,(H,28,30);3-10H,11-12H2,1-2H3. The molecule has 468 valence electrons. The highest BCUT2D eigenvalue weighted by Crippen LogP contribution is 2.48. The van der Waals surface area contributed by atoms with Gasteiger partial charge < -0.3 is 5.32 Å². The zero-order chi connectivity index (χ0) is 66.9. The maximum Gasteiger partial charge on any atom is 0.265 e. The highest BCUT2D eigenvalue weighted by atomic mass is 16.2. The van der Waals surface area contributed by atoms with E-state index in [0.717, 1.165) is 106 Å². The highest BCUT2D eigenvalue weighted by molar-refractivity contribution is 6.45. The number of benzene rings is 12. The average Bonchev–Trinajstić information content (AvgIpc) is 0.690. The molecule has 5 amide bonds. The van der Waals surface area contributed by atoms with E-state index < -0.39 is 0 Å². The molecule has 0 saturated heterocycles. The molecular weight excluding hydrogens is 1160 g/mol. The highest BCUT2D eigenvalue weighted by Gasteiger charge is 2.39. The van der Waals surface area contributed by atoms with Gasteiger partial charge in [0.05, 0.1) is 11.4 Å². The number of ketones is 1. The van der Waals surface area contributed by atoms with Crippen LogP contribution in [0.15, 0.2) is 170 Å². The molecule has 2 aliphatic rings. The number of hydrogen-bond acceptors (Lipinski definition) is 6. The van der Waals surface area contributed by atoms with Crippen molar-refractivity contribution >= 4 is 95.5 Å². The summed E-state index contributed by atoms with van der Waals surface area (Å²) in [5, 5.41) is 9.39. The third-order valence-corrected chi connectivity index (χ3v) is 19.8. The lowest BCUT2D eigenvalue weighted by Crippen LogP contribution is -2.41. The topological polar surface area (TPSA) is 121 Å². The van der Waals surface area contributed by atoms with E-state index in [2.05, 4.69) is 107 Å². The molecule has 2 heterocycles. The van der Waals surface area contributed by atoms with Crippen LogP contribution in [0.1, 0.15) is 157 Å². The third-order valence-electron chi connectivity index (χ3n) is 19.8. The lowest BCUT2D eigenvalue weighted by molar-refractivity contribution is 0.0877. The Kier molecular flexibility index (Phi) is 17.0. The van der Waals surface area contributed by atoms with E-state index in [4.69, 9.17) is 0 Å². The van der Waals surface area contributed by atoms with Gasteiger partial charge in [-0.15, -0.1) is 0 Å². The van der Waals surface area contributed by atoms with E-state index in [9.17, 15) is 28.8 Å². The second-order valence-electron chi connectivity index (χ2n) is 26.1. The minimum Gasteiger partial charge on any atom is -0.322 e. The minimum absolute atomic E-state index is 0.0540. The van der Waals surface area contributed by atoms with Crippen molar-refractivity contribution in [2.45, 2.75) is 116 Å². The number of hydrogen-bond donors (Lipinski definition) is 1. The first-order chi connectivity index (χ1) is 44.9. The summed E-state index contributed by atoms with van der Waals surface area (Å²) in [4.78, 5) is 84.7. The fourth-order valence-corrected chi connectivity index (χ4v) is 13.7. The molecule has 12 aromatic carbocycles. The second-order valence-corrected chi connectivity index (χ2v) is 26.1. The van der Waals surface area contributed by atoms with Crippen molar-refractivity contribution in [2.24, 2.45) is 0 Å². The smallest absolute Gasteiger partial charge is 0.265 e. The molecule has 9 heteroatoms. The van der Waals surface area contributed by atoms with Gasteiger partial charge in [0.25, 0.3) is 29.5 Å². The summed E-state index contributed by atoms with van der Waals surface area (Å²) in [5.41, 5.74) is 24.7. The molecule has 2 aliphatic heterocycles. The number of amides is 5. The Morgan fingerprint density at radius 2 is 0.649 bits per heavy atom. The van der Waals surface area contributed by atoms with Crippen LogP contribution in [-0.4, -0.2) is 35.3 Å². The summed E-state index contributed by atoms with van der Waals surface area (Å²) in [6, 6.07) is 55.3. The molecule has 1 N–H and O–H groups in total. The molecule has 0 fully saturated rings. The molecule has 9 nitrogen and oxygen atoms in total. The van der Waals surface area contributed by atoms with Crippen LogP contribution in [0.4, 0.5) is 17.1 Å². The first-order valence-corrected chi connectivity index (χ1v) is 32.2. The van der Waals surface area contributed by atoms with Crippen LogP contribution in [0.5, 0.6) is 0 Å². The van der Waals surface area contributed by atoms with Gasteiger partial charge in [-0.2, -0.15) is 0 Å². The van der Waals surface area contributed by atoms with E-state index >= 15 is 0 Å². The van der Waals surface area contributed by atoms with Gasteiger partial charge in [0.1, 0.15) is 0 Å². The molecule has 0 bridgehead atoms. The molecule has 0 unspecified atom stereocenters. The predicted molar refractivity (Wildman–Crippen MR) is 385 cm³/mol. The Morgan fingerprint density at radius 1 is 0.309 bits per heavy atom. The van der Waals surface area contributed by atoms with Crippen molar-refractivity contribution in [2.75, 3.05) is 15.1 Å². The van der Waals surface area contributed by atoms with Crippen molar-refractivity contribution in [1.29, 1.82) is 0 Å². The quantitative estimate of drug-likeness (QED) is 0.0630. The van der Waals surface area contributed by atoms with Crippen LogP contribution in [0, 0.1) is 96.9 Å². The van der Waals surface area contributed by atoms with Crippen LogP contribution < -0.4 is 15.1 Å². The summed E-state index contributed by atoms with van der Waals surface area (Å²) in [5.74, 6) is -1.52. The van der Waals surface area contributed by atoms with E-state index in [1.165, 1.54) is 48.7 Å². The Balaban J connectivity index is 0.000000156. The molecule has 0 spiro atoms. The molecule has 14 rings (SSSR count). The predicted octanol–water partition coefficient (Wildman–Crippen LogP) is 19.5. The molecule has 0 atom stereocenters. The van der Waals surface area contributed by atoms with Crippen molar-refractivity contribution in [3.8, 4) is 0 Å². The molecule has 94 heavy (non-hydrogen) atoms. The number of nitrogens with zero attached hydrogens (tertiary/aromatic N) is 2. The van der Waals surface area contributed by atoms with E-state index in [0.29, 0.717) is 61.9 Å². The maximum absolute atomic E-state index is 14.2. The van der Waals surface area contributed by atoms with Gasteiger partial charge >= 0.3 is 0 Å². The lowest BCUT2D eigenvalue weighted by atomic mass is 9.82. The Morgan fingerprint density at radius 3 is 1.05 bits per heavy atom. The molecule has 12 aromatic rings. The molecule has 0 saturated carbocycles. The number of fused-ring (bicyclic) bond motifs is 2. The number of carbonyl (C=O) groups excluding carboxylic acids is 6. The third kappa shape index (κ3) is 11.4. The van der Waals surface area contributed by atoms with Gasteiger partial charge in [0.2, 0.25) is 0 Å². The Hall–Kier alpha value is -10.6. The van der Waals surface area contributed by atoms with Gasteiger partial charge in [-0.25, -0.2) is 9.80 Å². The van der Waals surface area contributed by atoms with Crippen LogP contribution in [0.2, 0.25) is 0 Å². The van der Waals surface area contributed by atoms with Gasteiger partial charge in [0.15, 0.2) is 5.78 Å². The van der Waals surface area contributed by atoms with E-state index in [1.54, 1.807) is 24.3 Å². The number of rotatable bonds is 10. The molecule has 0 aliphatic carbocycles. The first-order valence-electron chi connectivity index (χ1n) is 32.2. The van der Waals surface area contributed by atoms with Gasteiger partial charge in [-0.3, -0.25) is 28.8 Å². The van der Waals surface area contributed by atoms with Crippen molar-refractivity contribution in [3.05, 3.63) is 298 Å².